The molecule has 0 amide bonds. The Morgan fingerprint density at radius 2 is 1.77 bits per heavy atom. The number of hydrogen-bond acceptors (Lipinski definition) is 4. The summed E-state index contributed by atoms with van der Waals surface area (Å²) in [5.41, 5.74) is 2.25. The second-order valence-electron chi connectivity index (χ2n) is 7.94. The number of fused-ring (bicyclic) bond motifs is 1. The van der Waals surface area contributed by atoms with Crippen molar-refractivity contribution in [1.29, 1.82) is 0 Å². The van der Waals surface area contributed by atoms with Gasteiger partial charge in [0, 0.05) is 18.8 Å². The van der Waals surface area contributed by atoms with E-state index in [9.17, 15) is 5.11 Å². The van der Waals surface area contributed by atoms with Crippen molar-refractivity contribution in [2.24, 2.45) is 11.8 Å². The lowest BCUT2D eigenvalue weighted by Crippen LogP contribution is -2.29. The SMILES string of the molecule is CN(Cc1ccc(OCc2ccccn2)cc1)C1C[C@H]2CC(O)C[C@H]2C1. The average molecular weight is 352 g/mol. The second kappa shape index (κ2) is 7.77. The minimum atomic E-state index is -0.0464. The molecule has 0 aliphatic heterocycles. The summed E-state index contributed by atoms with van der Waals surface area (Å²) >= 11 is 0. The predicted molar refractivity (Wildman–Crippen MR) is 102 cm³/mol. The van der Waals surface area contributed by atoms with Crippen LogP contribution in [0.3, 0.4) is 0 Å². The Bertz CT molecular complexity index is 690. The zero-order valence-corrected chi connectivity index (χ0v) is 15.4. The first-order valence-electron chi connectivity index (χ1n) is 9.67. The molecule has 4 rings (SSSR count). The van der Waals surface area contributed by atoms with Crippen LogP contribution >= 0.6 is 0 Å². The van der Waals surface area contributed by atoms with Gasteiger partial charge in [-0.05, 0) is 74.4 Å². The van der Waals surface area contributed by atoms with Crippen molar-refractivity contribution in [3.8, 4) is 5.75 Å². The van der Waals surface area contributed by atoms with Crippen LogP contribution in [0.4, 0.5) is 0 Å². The molecular weight excluding hydrogens is 324 g/mol. The summed E-state index contributed by atoms with van der Waals surface area (Å²) in [6.45, 7) is 1.46. The molecule has 26 heavy (non-hydrogen) atoms. The standard InChI is InChI=1S/C22H28N2O2/c1-24(20-10-17-12-21(25)13-18(17)11-20)14-16-5-7-22(8-6-16)26-15-19-4-2-3-9-23-19/h2-9,17-18,20-21,25H,10-15H2,1H3/t17-,18+,20?,21?. The molecule has 2 unspecified atom stereocenters. The molecule has 4 nitrogen and oxygen atoms in total. The Morgan fingerprint density at radius 3 is 2.42 bits per heavy atom. The van der Waals surface area contributed by atoms with Crippen LogP contribution in [0.5, 0.6) is 5.75 Å². The highest BCUT2D eigenvalue weighted by Gasteiger charge is 2.42. The third kappa shape index (κ3) is 4.08. The first-order chi connectivity index (χ1) is 12.7. The highest BCUT2D eigenvalue weighted by atomic mass is 16.5. The smallest absolute Gasteiger partial charge is 0.130 e. The lowest BCUT2D eigenvalue weighted by molar-refractivity contribution is 0.158. The highest BCUT2D eigenvalue weighted by Crippen LogP contribution is 2.45. The molecule has 2 aliphatic carbocycles. The van der Waals surface area contributed by atoms with Crippen LogP contribution < -0.4 is 4.74 Å². The summed E-state index contributed by atoms with van der Waals surface area (Å²) in [7, 11) is 2.23. The number of nitrogens with zero attached hydrogens (tertiary/aromatic N) is 2. The fraction of sp³-hybridized carbons (Fsp3) is 0.500. The van der Waals surface area contributed by atoms with Crippen molar-refractivity contribution in [2.45, 2.75) is 51.0 Å². The zero-order chi connectivity index (χ0) is 17.9. The molecule has 4 heteroatoms. The van der Waals surface area contributed by atoms with Crippen LogP contribution in [0, 0.1) is 11.8 Å². The topological polar surface area (TPSA) is 45.6 Å². The molecule has 1 aromatic carbocycles. The van der Waals surface area contributed by atoms with Gasteiger partial charge in [0.15, 0.2) is 0 Å². The first-order valence-corrected chi connectivity index (χ1v) is 9.67. The van der Waals surface area contributed by atoms with E-state index >= 15 is 0 Å². The number of aromatic nitrogens is 1. The molecule has 1 aromatic heterocycles. The lowest BCUT2D eigenvalue weighted by atomic mass is 10.0. The second-order valence-corrected chi connectivity index (χ2v) is 7.94. The fourth-order valence-corrected chi connectivity index (χ4v) is 4.66. The van der Waals surface area contributed by atoms with Gasteiger partial charge in [-0.25, -0.2) is 0 Å². The number of aliphatic hydroxyl groups excluding tert-OH is 1. The van der Waals surface area contributed by atoms with E-state index in [4.69, 9.17) is 4.74 Å². The molecule has 2 aromatic rings. The van der Waals surface area contributed by atoms with Gasteiger partial charge in [-0.3, -0.25) is 9.88 Å². The maximum absolute atomic E-state index is 9.81. The Hall–Kier alpha value is -1.91. The summed E-state index contributed by atoms with van der Waals surface area (Å²) in [4.78, 5) is 6.76. The van der Waals surface area contributed by atoms with E-state index in [1.54, 1.807) is 6.20 Å². The van der Waals surface area contributed by atoms with E-state index < -0.39 is 0 Å². The van der Waals surface area contributed by atoms with Crippen molar-refractivity contribution in [3.63, 3.8) is 0 Å². The van der Waals surface area contributed by atoms with Crippen LogP contribution in [0.25, 0.3) is 0 Å². The van der Waals surface area contributed by atoms with Crippen molar-refractivity contribution in [2.75, 3.05) is 7.05 Å². The molecule has 0 saturated heterocycles. The van der Waals surface area contributed by atoms with Crippen molar-refractivity contribution >= 4 is 0 Å². The number of rotatable bonds is 6. The maximum Gasteiger partial charge on any atom is 0.130 e. The highest BCUT2D eigenvalue weighted by molar-refractivity contribution is 5.27. The van der Waals surface area contributed by atoms with Crippen molar-refractivity contribution < 1.29 is 9.84 Å². The zero-order valence-electron chi connectivity index (χ0n) is 15.4. The Balaban J connectivity index is 1.27. The first kappa shape index (κ1) is 17.5. The molecule has 0 bridgehead atoms. The van der Waals surface area contributed by atoms with Gasteiger partial charge < -0.3 is 9.84 Å². The van der Waals surface area contributed by atoms with Crippen LogP contribution in [0.15, 0.2) is 48.7 Å². The van der Waals surface area contributed by atoms with Gasteiger partial charge >= 0.3 is 0 Å². The number of ether oxygens (including phenoxy) is 1. The van der Waals surface area contributed by atoms with E-state index in [2.05, 4.69) is 29.1 Å². The molecule has 138 valence electrons. The van der Waals surface area contributed by atoms with E-state index in [0.29, 0.717) is 12.6 Å². The van der Waals surface area contributed by atoms with Crippen LogP contribution in [-0.4, -0.2) is 34.2 Å². The van der Waals surface area contributed by atoms with E-state index in [0.717, 1.165) is 42.7 Å². The van der Waals surface area contributed by atoms with Crippen molar-refractivity contribution in [3.05, 3.63) is 59.9 Å². The van der Waals surface area contributed by atoms with E-state index in [-0.39, 0.29) is 6.10 Å². The molecule has 2 saturated carbocycles. The Morgan fingerprint density at radius 1 is 1.04 bits per heavy atom. The molecule has 2 fully saturated rings. The van der Waals surface area contributed by atoms with Gasteiger partial charge in [-0.2, -0.15) is 0 Å². The van der Waals surface area contributed by atoms with E-state index in [1.165, 1.54) is 18.4 Å². The molecule has 1 N–H and O–H groups in total. The predicted octanol–water partition coefficient (Wildman–Crippen LogP) is 3.64. The van der Waals surface area contributed by atoms with Crippen LogP contribution in [0.1, 0.15) is 36.9 Å². The Kier molecular flexibility index (Phi) is 5.23. The van der Waals surface area contributed by atoms with Gasteiger partial charge in [-0.1, -0.05) is 18.2 Å². The average Bonchev–Trinajstić information content (AvgIpc) is 3.19. The molecular formula is C22H28N2O2. The number of benzene rings is 1. The van der Waals surface area contributed by atoms with E-state index in [1.807, 2.05) is 30.3 Å². The number of pyridine rings is 1. The molecule has 1 heterocycles. The van der Waals surface area contributed by atoms with Gasteiger partial charge in [0.05, 0.1) is 11.8 Å². The van der Waals surface area contributed by atoms with Gasteiger partial charge in [0.2, 0.25) is 0 Å². The summed E-state index contributed by atoms with van der Waals surface area (Å²) in [6, 6.07) is 14.9. The summed E-state index contributed by atoms with van der Waals surface area (Å²) in [5.74, 6) is 2.35. The van der Waals surface area contributed by atoms with Crippen LogP contribution in [0.2, 0.25) is 0 Å². The Labute approximate surface area is 155 Å². The van der Waals surface area contributed by atoms with Gasteiger partial charge in [0.1, 0.15) is 12.4 Å². The third-order valence-electron chi connectivity index (χ3n) is 6.06. The fourth-order valence-electron chi connectivity index (χ4n) is 4.66. The van der Waals surface area contributed by atoms with Crippen LogP contribution in [-0.2, 0) is 13.2 Å². The molecule has 0 spiro atoms. The molecule has 2 aliphatic rings. The van der Waals surface area contributed by atoms with Gasteiger partial charge in [0.25, 0.3) is 0 Å². The molecule has 0 radical (unpaired) electrons. The maximum atomic E-state index is 9.81. The minimum absolute atomic E-state index is 0.0464. The number of aliphatic hydroxyl groups is 1. The largest absolute Gasteiger partial charge is 0.487 e. The monoisotopic (exact) mass is 352 g/mol. The van der Waals surface area contributed by atoms with Gasteiger partial charge in [-0.15, -0.1) is 0 Å². The third-order valence-corrected chi connectivity index (χ3v) is 6.06. The summed E-state index contributed by atoms with van der Waals surface area (Å²) < 4.78 is 5.81. The summed E-state index contributed by atoms with van der Waals surface area (Å²) in [6.07, 6.45) is 6.24. The van der Waals surface area contributed by atoms with Crippen molar-refractivity contribution in [1.82, 2.24) is 9.88 Å². The number of hydrogen-bond donors (Lipinski definition) is 1. The quantitative estimate of drug-likeness (QED) is 0.862. The normalized spacial score (nSPS) is 27.7. The minimum Gasteiger partial charge on any atom is -0.487 e. The summed E-state index contributed by atoms with van der Waals surface area (Å²) in [5, 5.41) is 9.81. The molecule has 4 atom stereocenters. The lowest BCUT2D eigenvalue weighted by Gasteiger charge is -2.25.